The van der Waals surface area contributed by atoms with E-state index in [9.17, 15) is 0 Å². The first-order valence-corrected chi connectivity index (χ1v) is 7.96. The molecule has 110 valence electrons. The molecular formula is C18H27NO. The Hall–Kier alpha value is -0.860. The van der Waals surface area contributed by atoms with E-state index in [1.807, 2.05) is 0 Å². The molecule has 0 saturated heterocycles. The molecule has 3 rings (SSSR count). The second-order valence-electron chi connectivity index (χ2n) is 7.00. The number of ether oxygens (including phenoxy) is 1. The van der Waals surface area contributed by atoms with Gasteiger partial charge in [0.2, 0.25) is 0 Å². The number of aryl methyl sites for hydroxylation is 1. The first-order valence-electron chi connectivity index (χ1n) is 7.96. The van der Waals surface area contributed by atoms with Crippen molar-refractivity contribution < 1.29 is 4.74 Å². The third-order valence-electron chi connectivity index (χ3n) is 5.10. The third kappa shape index (κ3) is 3.24. The SMILES string of the molecule is COCCNCC1(Cc2cccc(C)c2)CC2CC2C1. The van der Waals surface area contributed by atoms with E-state index in [1.165, 1.54) is 36.8 Å². The van der Waals surface area contributed by atoms with Crippen molar-refractivity contribution in [2.75, 3.05) is 26.8 Å². The first-order chi connectivity index (χ1) is 9.71. The van der Waals surface area contributed by atoms with Crippen LogP contribution in [0.4, 0.5) is 0 Å². The standard InChI is InChI=1S/C18H27NO/c1-14-4-3-5-15(8-14)10-18(13-19-6-7-20-2)11-16-9-17(16)12-18/h3-5,8,16-17,19H,6-7,9-13H2,1-2H3. The summed E-state index contributed by atoms with van der Waals surface area (Å²) in [6.07, 6.45) is 5.58. The summed E-state index contributed by atoms with van der Waals surface area (Å²) in [7, 11) is 1.77. The molecule has 2 fully saturated rings. The summed E-state index contributed by atoms with van der Waals surface area (Å²) >= 11 is 0. The van der Waals surface area contributed by atoms with Crippen LogP contribution >= 0.6 is 0 Å². The van der Waals surface area contributed by atoms with E-state index in [-0.39, 0.29) is 0 Å². The van der Waals surface area contributed by atoms with Crippen molar-refractivity contribution in [3.05, 3.63) is 35.4 Å². The minimum absolute atomic E-state index is 0.495. The van der Waals surface area contributed by atoms with Crippen molar-refractivity contribution in [3.63, 3.8) is 0 Å². The van der Waals surface area contributed by atoms with Gasteiger partial charge in [-0.3, -0.25) is 0 Å². The highest BCUT2D eigenvalue weighted by Crippen LogP contribution is 2.60. The minimum Gasteiger partial charge on any atom is -0.383 e. The molecule has 0 aromatic heterocycles. The fourth-order valence-electron chi connectivity index (χ4n) is 4.14. The van der Waals surface area contributed by atoms with E-state index in [0.717, 1.165) is 31.5 Å². The molecule has 2 unspecified atom stereocenters. The van der Waals surface area contributed by atoms with Gasteiger partial charge in [-0.2, -0.15) is 0 Å². The number of rotatable bonds is 7. The Kier molecular flexibility index (Phi) is 4.13. The van der Waals surface area contributed by atoms with Crippen LogP contribution in [0.1, 0.15) is 30.4 Å². The number of methoxy groups -OCH3 is 1. The van der Waals surface area contributed by atoms with Crippen LogP contribution in [-0.4, -0.2) is 26.8 Å². The van der Waals surface area contributed by atoms with Crippen LogP contribution in [0.25, 0.3) is 0 Å². The van der Waals surface area contributed by atoms with Gasteiger partial charge in [-0.05, 0) is 55.4 Å². The molecule has 20 heavy (non-hydrogen) atoms. The van der Waals surface area contributed by atoms with Gasteiger partial charge in [-0.1, -0.05) is 29.8 Å². The Morgan fingerprint density at radius 3 is 2.80 bits per heavy atom. The number of hydrogen-bond acceptors (Lipinski definition) is 2. The molecule has 1 N–H and O–H groups in total. The molecular weight excluding hydrogens is 246 g/mol. The van der Waals surface area contributed by atoms with Crippen molar-refractivity contribution in [2.45, 2.75) is 32.6 Å². The van der Waals surface area contributed by atoms with Crippen LogP contribution in [0.5, 0.6) is 0 Å². The summed E-state index contributed by atoms with van der Waals surface area (Å²) in [4.78, 5) is 0. The van der Waals surface area contributed by atoms with E-state index >= 15 is 0 Å². The van der Waals surface area contributed by atoms with Gasteiger partial charge < -0.3 is 10.1 Å². The fraction of sp³-hybridized carbons (Fsp3) is 0.667. The van der Waals surface area contributed by atoms with Gasteiger partial charge in [-0.15, -0.1) is 0 Å². The van der Waals surface area contributed by atoms with E-state index in [2.05, 4.69) is 36.5 Å². The van der Waals surface area contributed by atoms with Crippen molar-refractivity contribution in [2.24, 2.45) is 17.3 Å². The zero-order chi connectivity index (χ0) is 14.0. The van der Waals surface area contributed by atoms with Gasteiger partial charge in [-0.25, -0.2) is 0 Å². The highest BCUT2D eigenvalue weighted by molar-refractivity contribution is 5.24. The Balaban J connectivity index is 1.63. The van der Waals surface area contributed by atoms with Gasteiger partial charge in [0, 0.05) is 20.2 Å². The van der Waals surface area contributed by atoms with Gasteiger partial charge in [0.1, 0.15) is 0 Å². The summed E-state index contributed by atoms with van der Waals surface area (Å²) in [5.41, 5.74) is 3.39. The summed E-state index contributed by atoms with van der Waals surface area (Å²) < 4.78 is 5.14. The zero-order valence-electron chi connectivity index (χ0n) is 12.8. The predicted molar refractivity (Wildman–Crippen MR) is 82.9 cm³/mol. The summed E-state index contributed by atoms with van der Waals surface area (Å²) in [5, 5.41) is 3.62. The third-order valence-corrected chi connectivity index (χ3v) is 5.10. The number of benzene rings is 1. The van der Waals surface area contributed by atoms with Crippen LogP contribution in [0.2, 0.25) is 0 Å². The lowest BCUT2D eigenvalue weighted by Gasteiger charge is -2.32. The highest BCUT2D eigenvalue weighted by atomic mass is 16.5. The average molecular weight is 273 g/mol. The quantitative estimate of drug-likeness (QED) is 0.770. The molecule has 1 aromatic carbocycles. The normalized spacial score (nSPS) is 31.3. The van der Waals surface area contributed by atoms with E-state index in [4.69, 9.17) is 4.74 Å². The topological polar surface area (TPSA) is 21.3 Å². The molecule has 2 saturated carbocycles. The molecule has 0 spiro atoms. The van der Waals surface area contributed by atoms with E-state index in [0.29, 0.717) is 5.41 Å². The summed E-state index contributed by atoms with van der Waals surface area (Å²) in [5.74, 6) is 2.06. The van der Waals surface area contributed by atoms with Gasteiger partial charge in [0.05, 0.1) is 6.61 Å². The molecule has 0 heterocycles. The van der Waals surface area contributed by atoms with Crippen molar-refractivity contribution in [1.29, 1.82) is 0 Å². The number of fused-ring (bicyclic) bond motifs is 1. The Morgan fingerprint density at radius 2 is 2.10 bits per heavy atom. The molecule has 2 heteroatoms. The highest BCUT2D eigenvalue weighted by Gasteiger charge is 2.53. The van der Waals surface area contributed by atoms with E-state index < -0.39 is 0 Å². The average Bonchev–Trinajstić information content (AvgIpc) is 3.03. The monoisotopic (exact) mass is 273 g/mol. The molecule has 0 aliphatic heterocycles. The predicted octanol–water partition coefficient (Wildman–Crippen LogP) is 3.19. The lowest BCUT2D eigenvalue weighted by Crippen LogP contribution is -2.36. The molecule has 0 amide bonds. The maximum absolute atomic E-state index is 5.14. The van der Waals surface area contributed by atoms with Gasteiger partial charge in [0.15, 0.2) is 0 Å². The van der Waals surface area contributed by atoms with Crippen LogP contribution in [0.3, 0.4) is 0 Å². The maximum Gasteiger partial charge on any atom is 0.0587 e. The Labute approximate surface area is 122 Å². The van der Waals surface area contributed by atoms with Gasteiger partial charge in [0.25, 0.3) is 0 Å². The Bertz CT molecular complexity index is 446. The smallest absolute Gasteiger partial charge is 0.0587 e. The maximum atomic E-state index is 5.14. The van der Waals surface area contributed by atoms with Gasteiger partial charge >= 0.3 is 0 Å². The lowest BCUT2D eigenvalue weighted by atomic mass is 9.77. The zero-order valence-corrected chi connectivity index (χ0v) is 12.8. The van der Waals surface area contributed by atoms with Crippen LogP contribution in [-0.2, 0) is 11.2 Å². The lowest BCUT2D eigenvalue weighted by molar-refractivity contribution is 0.186. The number of hydrogen-bond donors (Lipinski definition) is 1. The second kappa shape index (κ2) is 5.87. The Morgan fingerprint density at radius 1 is 1.30 bits per heavy atom. The van der Waals surface area contributed by atoms with Crippen molar-refractivity contribution in [1.82, 2.24) is 5.32 Å². The molecule has 2 aliphatic carbocycles. The molecule has 2 nitrogen and oxygen atoms in total. The molecule has 1 aromatic rings. The van der Waals surface area contributed by atoms with E-state index in [1.54, 1.807) is 7.11 Å². The minimum atomic E-state index is 0.495. The van der Waals surface area contributed by atoms with Crippen LogP contribution in [0, 0.1) is 24.2 Å². The largest absolute Gasteiger partial charge is 0.383 e. The molecule has 0 bridgehead atoms. The first kappa shape index (κ1) is 14.1. The summed E-state index contributed by atoms with van der Waals surface area (Å²) in [6, 6.07) is 9.06. The van der Waals surface area contributed by atoms with Crippen LogP contribution in [0.15, 0.2) is 24.3 Å². The second-order valence-corrected chi connectivity index (χ2v) is 7.00. The fourth-order valence-corrected chi connectivity index (χ4v) is 4.14. The van der Waals surface area contributed by atoms with Crippen LogP contribution < -0.4 is 5.32 Å². The van der Waals surface area contributed by atoms with Crippen molar-refractivity contribution >= 4 is 0 Å². The molecule has 2 atom stereocenters. The van der Waals surface area contributed by atoms with Crippen molar-refractivity contribution in [3.8, 4) is 0 Å². The molecule has 2 aliphatic rings. The molecule has 0 radical (unpaired) electrons. The number of nitrogens with one attached hydrogen (secondary N) is 1. The summed E-state index contributed by atoms with van der Waals surface area (Å²) in [6.45, 7) is 5.13.